The molecular formula is C35H60N4O8. The third-order valence-corrected chi connectivity index (χ3v) is 6.05. The molecule has 0 fully saturated rings. The lowest BCUT2D eigenvalue weighted by Gasteiger charge is -2.31. The Morgan fingerprint density at radius 3 is 1.77 bits per heavy atom. The molecule has 0 aliphatic carbocycles. The van der Waals surface area contributed by atoms with Gasteiger partial charge < -0.3 is 40.2 Å². The number of nitrogens with zero attached hydrogens (tertiary/aromatic N) is 1. The smallest absolute Gasteiger partial charge is 0.407 e. The number of rotatable bonds is 14. The van der Waals surface area contributed by atoms with Crippen LogP contribution in [-0.2, 0) is 30.2 Å². The normalized spacial score (nSPS) is 13.6. The Bertz CT molecular complexity index is 1160. The lowest BCUT2D eigenvalue weighted by molar-refractivity contribution is -0.160. The van der Waals surface area contributed by atoms with E-state index >= 15 is 0 Å². The highest BCUT2D eigenvalue weighted by atomic mass is 16.6. The average Bonchev–Trinajstić information content (AvgIpc) is 2.86. The Morgan fingerprint density at radius 1 is 0.745 bits per heavy atom. The van der Waals surface area contributed by atoms with Gasteiger partial charge in [0.1, 0.15) is 34.2 Å². The van der Waals surface area contributed by atoms with Gasteiger partial charge in [-0.05, 0) is 114 Å². The van der Waals surface area contributed by atoms with Crippen molar-refractivity contribution in [3.8, 4) is 5.75 Å². The minimum Gasteiger partial charge on any atom is -0.488 e. The van der Waals surface area contributed by atoms with E-state index in [0.717, 1.165) is 5.56 Å². The Balaban J connectivity index is 3.18. The van der Waals surface area contributed by atoms with Gasteiger partial charge in [-0.2, -0.15) is 0 Å². The number of unbranched alkanes of at least 4 members (excludes halogenated alkanes) is 1. The number of hydrogen-bond acceptors (Lipinski definition) is 9. The fourth-order valence-corrected chi connectivity index (χ4v) is 4.19. The number of alkyl carbamates (subject to hydrolysis) is 1. The summed E-state index contributed by atoms with van der Waals surface area (Å²) in [5, 5.41) is 5.55. The molecule has 0 radical (unpaired) electrons. The van der Waals surface area contributed by atoms with Crippen LogP contribution in [0.15, 0.2) is 24.3 Å². The van der Waals surface area contributed by atoms with E-state index in [1.165, 1.54) is 4.90 Å². The monoisotopic (exact) mass is 664 g/mol. The molecular weight excluding hydrogens is 604 g/mol. The predicted octanol–water partition coefficient (Wildman–Crippen LogP) is 5.35. The molecule has 0 aliphatic rings. The average molecular weight is 665 g/mol. The zero-order valence-corrected chi connectivity index (χ0v) is 30.7. The summed E-state index contributed by atoms with van der Waals surface area (Å²) in [4.78, 5) is 53.6. The molecule has 0 saturated carbocycles. The molecule has 268 valence electrons. The highest BCUT2D eigenvalue weighted by molar-refractivity contribution is 5.84. The molecule has 47 heavy (non-hydrogen) atoms. The van der Waals surface area contributed by atoms with Crippen LogP contribution in [0.3, 0.4) is 0 Å². The molecule has 1 rings (SSSR count). The fourth-order valence-electron chi connectivity index (χ4n) is 4.19. The van der Waals surface area contributed by atoms with Gasteiger partial charge in [-0.25, -0.2) is 14.4 Å². The first-order chi connectivity index (χ1) is 21.4. The summed E-state index contributed by atoms with van der Waals surface area (Å²) in [5.74, 6) is -1.23. The number of ether oxygens (including phenoxy) is 4. The van der Waals surface area contributed by atoms with Crippen LogP contribution in [-0.4, -0.2) is 83.6 Å². The summed E-state index contributed by atoms with van der Waals surface area (Å²) < 4.78 is 22.4. The van der Waals surface area contributed by atoms with Crippen molar-refractivity contribution in [1.82, 2.24) is 15.5 Å². The molecule has 1 aromatic rings. The fraction of sp³-hybridized carbons (Fsp3) is 0.714. The van der Waals surface area contributed by atoms with Crippen LogP contribution in [0.4, 0.5) is 9.59 Å². The van der Waals surface area contributed by atoms with E-state index in [2.05, 4.69) is 10.6 Å². The maximum atomic E-state index is 13.8. The van der Waals surface area contributed by atoms with Crippen molar-refractivity contribution < 1.29 is 38.1 Å². The largest absolute Gasteiger partial charge is 0.488 e. The van der Waals surface area contributed by atoms with E-state index < -0.39 is 52.8 Å². The first kappa shape index (κ1) is 41.5. The van der Waals surface area contributed by atoms with Gasteiger partial charge in [0, 0.05) is 32.6 Å². The second-order valence-electron chi connectivity index (χ2n) is 15.6. The van der Waals surface area contributed by atoms with Crippen LogP contribution in [0.5, 0.6) is 5.75 Å². The summed E-state index contributed by atoms with van der Waals surface area (Å²) in [7, 11) is 0. The summed E-state index contributed by atoms with van der Waals surface area (Å²) in [6, 6.07) is 5.73. The number of benzene rings is 1. The lowest BCUT2D eigenvalue weighted by atomic mass is 10.0. The number of nitrogens with two attached hydrogens (primary N) is 1. The van der Waals surface area contributed by atoms with Crippen molar-refractivity contribution in [3.63, 3.8) is 0 Å². The third-order valence-electron chi connectivity index (χ3n) is 6.05. The molecule has 0 aliphatic heterocycles. The number of amides is 3. The number of urea groups is 1. The molecule has 0 aromatic heterocycles. The summed E-state index contributed by atoms with van der Waals surface area (Å²) in [6.45, 7) is 22.2. The van der Waals surface area contributed by atoms with E-state index in [1.54, 1.807) is 62.3 Å². The molecule has 0 bridgehead atoms. The molecule has 12 nitrogen and oxygen atoms in total. The van der Waals surface area contributed by atoms with Gasteiger partial charge in [-0.3, -0.25) is 4.79 Å². The number of hydrogen-bond donors (Lipinski definition) is 3. The van der Waals surface area contributed by atoms with Crippen LogP contribution in [0, 0.1) is 5.92 Å². The maximum Gasteiger partial charge on any atom is 0.407 e. The zero-order chi connectivity index (χ0) is 36.2. The predicted molar refractivity (Wildman–Crippen MR) is 182 cm³/mol. The Morgan fingerprint density at radius 2 is 1.28 bits per heavy atom. The van der Waals surface area contributed by atoms with Gasteiger partial charge in [0.15, 0.2) is 0 Å². The van der Waals surface area contributed by atoms with Crippen LogP contribution < -0.4 is 21.1 Å². The van der Waals surface area contributed by atoms with E-state index in [1.807, 2.05) is 45.0 Å². The zero-order valence-electron chi connectivity index (χ0n) is 30.7. The van der Waals surface area contributed by atoms with Crippen molar-refractivity contribution in [3.05, 3.63) is 29.8 Å². The number of nitrogens with one attached hydrogen (secondary N) is 2. The molecule has 0 spiro atoms. The van der Waals surface area contributed by atoms with Gasteiger partial charge in [0.05, 0.1) is 5.92 Å². The second kappa shape index (κ2) is 17.6. The minimum atomic E-state index is -1.02. The van der Waals surface area contributed by atoms with Crippen LogP contribution in [0.1, 0.15) is 101 Å². The number of carbonyl (C=O) groups excluding carboxylic acids is 4. The molecule has 3 amide bonds. The maximum absolute atomic E-state index is 13.8. The molecule has 4 N–H and O–H groups in total. The molecule has 1 aromatic carbocycles. The van der Waals surface area contributed by atoms with Gasteiger partial charge in [0.2, 0.25) is 0 Å². The van der Waals surface area contributed by atoms with E-state index in [4.69, 9.17) is 24.7 Å². The topological polar surface area (TPSA) is 159 Å². The summed E-state index contributed by atoms with van der Waals surface area (Å²) in [5.41, 5.74) is 4.24. The first-order valence-corrected chi connectivity index (χ1v) is 16.3. The van der Waals surface area contributed by atoms with Crippen molar-refractivity contribution in [2.75, 3.05) is 26.2 Å². The van der Waals surface area contributed by atoms with Gasteiger partial charge in [-0.15, -0.1) is 0 Å². The lowest BCUT2D eigenvalue weighted by Crippen LogP contribution is -2.52. The summed E-state index contributed by atoms with van der Waals surface area (Å²) >= 11 is 0. The Kier molecular flexibility index (Phi) is 15.5. The van der Waals surface area contributed by atoms with Gasteiger partial charge in [-0.1, -0.05) is 12.1 Å². The standard InChI is InChI=1S/C35H60N4O8/c1-32(2,3)44-26-17-15-24(16-18-26)21-27(29(41)46-34(7,8)9)38-30(42)39(23-25(22-36)28(40)45-33(4,5)6)20-14-13-19-37-31(43)47-35(10,11)12/h15-18,25,27H,13-14,19-23,36H2,1-12H3,(H,37,43)(H,38,42)/t25-,27+/m1/s1. The molecule has 0 saturated heterocycles. The second-order valence-corrected chi connectivity index (χ2v) is 15.6. The van der Waals surface area contributed by atoms with Crippen molar-refractivity contribution >= 4 is 24.1 Å². The van der Waals surface area contributed by atoms with E-state index in [-0.39, 0.29) is 31.7 Å². The van der Waals surface area contributed by atoms with Gasteiger partial charge in [0.25, 0.3) is 0 Å². The molecule has 12 heteroatoms. The summed E-state index contributed by atoms with van der Waals surface area (Å²) in [6.07, 6.45) is 0.650. The van der Waals surface area contributed by atoms with Crippen molar-refractivity contribution in [2.24, 2.45) is 11.7 Å². The van der Waals surface area contributed by atoms with E-state index in [9.17, 15) is 19.2 Å². The minimum absolute atomic E-state index is 0.0311. The van der Waals surface area contributed by atoms with E-state index in [0.29, 0.717) is 25.1 Å². The van der Waals surface area contributed by atoms with Gasteiger partial charge >= 0.3 is 24.1 Å². The first-order valence-electron chi connectivity index (χ1n) is 16.3. The molecule has 0 unspecified atom stereocenters. The Labute approximate surface area is 281 Å². The Hall–Kier alpha value is -3.54. The highest BCUT2D eigenvalue weighted by Crippen LogP contribution is 2.20. The highest BCUT2D eigenvalue weighted by Gasteiger charge is 2.32. The van der Waals surface area contributed by atoms with Crippen LogP contribution >= 0.6 is 0 Å². The van der Waals surface area contributed by atoms with Crippen molar-refractivity contribution in [2.45, 2.75) is 131 Å². The number of esters is 2. The quantitative estimate of drug-likeness (QED) is 0.135. The molecule has 0 heterocycles. The van der Waals surface area contributed by atoms with Crippen LogP contribution in [0.25, 0.3) is 0 Å². The number of carbonyl (C=O) groups is 4. The van der Waals surface area contributed by atoms with Crippen molar-refractivity contribution in [1.29, 1.82) is 0 Å². The molecule has 2 atom stereocenters. The SMILES string of the molecule is CC(C)(C)OC(=O)NCCCCN(C[C@@H](CN)C(=O)OC(C)(C)C)C(=O)N[C@@H](Cc1ccc(OC(C)(C)C)cc1)C(=O)OC(C)(C)C. The van der Waals surface area contributed by atoms with Crippen LogP contribution in [0.2, 0.25) is 0 Å². The third kappa shape index (κ3) is 19.0.